The third-order valence-electron chi connectivity index (χ3n) is 16.5. The number of allylic oxidation sites excluding steroid dienone is 2. The molecular weight excluding hydrogens is 891 g/mol. The van der Waals surface area contributed by atoms with Gasteiger partial charge >= 0.3 is 0 Å². The molecule has 0 saturated carbocycles. The summed E-state index contributed by atoms with van der Waals surface area (Å²) in [6.07, 6.45) is 87.0. The predicted molar refractivity (Wildman–Crippen MR) is 327 cm³/mol. The summed E-state index contributed by atoms with van der Waals surface area (Å²) in [6, 6.07) is -0.535. The number of unbranched alkanes of at least 4 members (excludes halogenated alkanes) is 56. The van der Waals surface area contributed by atoms with Gasteiger partial charge in [0.15, 0.2) is 0 Å². The van der Waals surface area contributed by atoms with Crippen LogP contribution in [0.15, 0.2) is 12.2 Å². The van der Waals surface area contributed by atoms with Gasteiger partial charge in [-0.05, 0) is 38.5 Å². The smallest absolute Gasteiger partial charge is 0.220 e. The summed E-state index contributed by atoms with van der Waals surface area (Å²) in [5.41, 5.74) is 0. The van der Waals surface area contributed by atoms with E-state index in [0.29, 0.717) is 12.8 Å². The number of nitrogens with one attached hydrogen (secondary N) is 1. The largest absolute Gasteiger partial charge is 0.394 e. The van der Waals surface area contributed by atoms with Gasteiger partial charge in [-0.15, -0.1) is 0 Å². The van der Waals surface area contributed by atoms with Crippen molar-refractivity contribution in [2.75, 3.05) is 6.61 Å². The van der Waals surface area contributed by atoms with Crippen LogP contribution >= 0.6 is 0 Å². The average Bonchev–Trinajstić information content (AvgIpc) is 3.40. The standard InChI is InChI=1S/C69H137NO3/c1-3-5-7-9-11-13-15-17-19-21-23-25-27-29-31-33-34-35-37-38-40-42-44-46-48-50-52-54-56-58-60-62-64-68(72)67(66-71)70-69(73)65-63-61-59-57-55-53-51-49-47-45-43-41-39-36-32-30-28-26-24-22-20-18-16-14-12-10-8-6-4-2/h22,24,67-68,71-72H,3-21,23,25-66H2,1-2H3,(H,70,73)/b24-22-. The molecule has 0 aromatic carbocycles. The molecule has 0 rings (SSSR count). The number of aliphatic hydroxyl groups excluding tert-OH is 2. The van der Waals surface area contributed by atoms with Crippen molar-refractivity contribution in [3.63, 3.8) is 0 Å². The molecule has 2 unspecified atom stereocenters. The van der Waals surface area contributed by atoms with Crippen LogP contribution in [0.3, 0.4) is 0 Å². The lowest BCUT2D eigenvalue weighted by Gasteiger charge is -2.22. The van der Waals surface area contributed by atoms with E-state index in [1.165, 1.54) is 353 Å². The van der Waals surface area contributed by atoms with Gasteiger partial charge in [0.2, 0.25) is 5.91 Å². The maximum atomic E-state index is 12.6. The van der Waals surface area contributed by atoms with Gasteiger partial charge in [-0.2, -0.15) is 0 Å². The van der Waals surface area contributed by atoms with Gasteiger partial charge in [0.05, 0.1) is 18.8 Å². The second-order valence-electron chi connectivity index (χ2n) is 24.0. The minimum atomic E-state index is -0.658. The van der Waals surface area contributed by atoms with E-state index in [4.69, 9.17) is 0 Å². The fourth-order valence-electron chi connectivity index (χ4n) is 11.3. The Morgan fingerprint density at radius 1 is 0.315 bits per heavy atom. The summed E-state index contributed by atoms with van der Waals surface area (Å²) in [4.78, 5) is 12.6. The maximum Gasteiger partial charge on any atom is 0.220 e. The van der Waals surface area contributed by atoms with E-state index < -0.39 is 12.1 Å². The predicted octanol–water partition coefficient (Wildman–Crippen LogP) is 23.2. The summed E-state index contributed by atoms with van der Waals surface area (Å²) < 4.78 is 0. The summed E-state index contributed by atoms with van der Waals surface area (Å²) in [6.45, 7) is 4.41. The summed E-state index contributed by atoms with van der Waals surface area (Å²) in [5.74, 6) is -0.0215. The van der Waals surface area contributed by atoms with E-state index in [-0.39, 0.29) is 12.5 Å². The van der Waals surface area contributed by atoms with Gasteiger partial charge in [0.25, 0.3) is 0 Å². The molecule has 1 amide bonds. The van der Waals surface area contributed by atoms with Crippen LogP contribution in [0.2, 0.25) is 0 Å². The van der Waals surface area contributed by atoms with Crippen LogP contribution in [0.25, 0.3) is 0 Å². The maximum absolute atomic E-state index is 12.6. The van der Waals surface area contributed by atoms with Crippen molar-refractivity contribution in [2.24, 2.45) is 0 Å². The minimum absolute atomic E-state index is 0.0215. The van der Waals surface area contributed by atoms with Crippen LogP contribution in [0.5, 0.6) is 0 Å². The lowest BCUT2D eigenvalue weighted by atomic mass is 10.0. The third kappa shape index (κ3) is 61.9. The number of amides is 1. The Kier molecular flexibility index (Phi) is 64.6. The molecule has 2 atom stereocenters. The van der Waals surface area contributed by atoms with Gasteiger partial charge < -0.3 is 15.5 Å². The monoisotopic (exact) mass is 1030 g/mol. The zero-order valence-electron chi connectivity index (χ0n) is 50.5. The van der Waals surface area contributed by atoms with Crippen LogP contribution in [0.1, 0.15) is 406 Å². The molecule has 436 valence electrons. The van der Waals surface area contributed by atoms with Crippen molar-refractivity contribution < 1.29 is 15.0 Å². The normalized spacial score (nSPS) is 12.7. The number of carbonyl (C=O) groups excluding carboxylic acids is 1. The fourth-order valence-corrected chi connectivity index (χ4v) is 11.3. The van der Waals surface area contributed by atoms with Crippen molar-refractivity contribution in [1.82, 2.24) is 5.32 Å². The highest BCUT2D eigenvalue weighted by Gasteiger charge is 2.20. The third-order valence-corrected chi connectivity index (χ3v) is 16.5. The Bertz CT molecular complexity index is 1030. The van der Waals surface area contributed by atoms with E-state index in [9.17, 15) is 15.0 Å². The lowest BCUT2D eigenvalue weighted by Crippen LogP contribution is -2.45. The van der Waals surface area contributed by atoms with E-state index in [2.05, 4.69) is 31.3 Å². The molecule has 73 heavy (non-hydrogen) atoms. The first-order valence-electron chi connectivity index (χ1n) is 34.4. The molecule has 0 aliphatic carbocycles. The Hall–Kier alpha value is -0.870. The van der Waals surface area contributed by atoms with Crippen molar-refractivity contribution in [2.45, 2.75) is 418 Å². The van der Waals surface area contributed by atoms with E-state index in [0.717, 1.165) is 25.7 Å². The zero-order valence-corrected chi connectivity index (χ0v) is 50.5. The molecule has 4 nitrogen and oxygen atoms in total. The van der Waals surface area contributed by atoms with E-state index in [1.54, 1.807) is 0 Å². The van der Waals surface area contributed by atoms with Gasteiger partial charge in [-0.3, -0.25) is 4.79 Å². The number of hydrogen-bond donors (Lipinski definition) is 3. The van der Waals surface area contributed by atoms with Crippen molar-refractivity contribution >= 4 is 5.91 Å². The zero-order chi connectivity index (χ0) is 52.7. The van der Waals surface area contributed by atoms with Crippen LogP contribution in [-0.2, 0) is 4.79 Å². The number of carbonyl (C=O) groups is 1. The second-order valence-corrected chi connectivity index (χ2v) is 24.0. The molecule has 0 bridgehead atoms. The summed E-state index contributed by atoms with van der Waals surface area (Å²) in [5, 5.41) is 23.5. The van der Waals surface area contributed by atoms with Crippen LogP contribution in [0.4, 0.5) is 0 Å². The van der Waals surface area contributed by atoms with Gasteiger partial charge in [0.1, 0.15) is 0 Å². The second kappa shape index (κ2) is 65.4. The molecule has 0 radical (unpaired) electrons. The highest BCUT2D eigenvalue weighted by molar-refractivity contribution is 5.76. The quantitative estimate of drug-likeness (QED) is 0.0420. The molecule has 0 aliphatic rings. The molecule has 3 N–H and O–H groups in total. The molecule has 0 aromatic rings. The molecule has 0 aromatic heterocycles. The number of hydrogen-bond acceptors (Lipinski definition) is 3. The highest BCUT2D eigenvalue weighted by Crippen LogP contribution is 2.19. The minimum Gasteiger partial charge on any atom is -0.394 e. The Balaban J connectivity index is 3.37. The summed E-state index contributed by atoms with van der Waals surface area (Å²) >= 11 is 0. The van der Waals surface area contributed by atoms with E-state index in [1.807, 2.05) is 0 Å². The van der Waals surface area contributed by atoms with Crippen LogP contribution in [0, 0.1) is 0 Å². The molecule has 0 aliphatic heterocycles. The first-order valence-corrected chi connectivity index (χ1v) is 34.4. The van der Waals surface area contributed by atoms with Crippen molar-refractivity contribution in [1.29, 1.82) is 0 Å². The molecular formula is C69H137NO3. The van der Waals surface area contributed by atoms with Gasteiger partial charge in [0, 0.05) is 6.42 Å². The summed E-state index contributed by atoms with van der Waals surface area (Å²) in [7, 11) is 0. The van der Waals surface area contributed by atoms with Crippen LogP contribution < -0.4 is 5.32 Å². The molecule has 0 spiro atoms. The topological polar surface area (TPSA) is 69.6 Å². The van der Waals surface area contributed by atoms with E-state index >= 15 is 0 Å². The fraction of sp³-hybridized carbons (Fsp3) is 0.957. The average molecular weight is 1030 g/mol. The van der Waals surface area contributed by atoms with Crippen molar-refractivity contribution in [3.8, 4) is 0 Å². The molecule has 4 heteroatoms. The van der Waals surface area contributed by atoms with Crippen molar-refractivity contribution in [3.05, 3.63) is 12.2 Å². The SMILES string of the molecule is CCCCCCCCCC/C=C\CCCCCCCCCCCCCCCCCCCC(=O)NC(CO)C(O)CCCCCCCCCCCCCCCCCCCCCCCCCCCCCCCCCC. The van der Waals surface area contributed by atoms with Gasteiger partial charge in [-0.1, -0.05) is 373 Å². The first-order chi connectivity index (χ1) is 36.2. The van der Waals surface area contributed by atoms with Crippen LogP contribution in [-0.4, -0.2) is 34.9 Å². The molecule has 0 fully saturated rings. The Morgan fingerprint density at radius 2 is 0.521 bits per heavy atom. The lowest BCUT2D eigenvalue weighted by molar-refractivity contribution is -0.123. The highest BCUT2D eigenvalue weighted by atomic mass is 16.3. The molecule has 0 heterocycles. The first kappa shape index (κ1) is 72.1. The molecule has 0 saturated heterocycles. The van der Waals surface area contributed by atoms with Gasteiger partial charge in [-0.25, -0.2) is 0 Å². The Morgan fingerprint density at radius 3 is 0.753 bits per heavy atom. The Labute approximate surface area is 460 Å². The number of aliphatic hydroxyl groups is 2. The number of rotatable bonds is 65.